The molecular weight excluding hydrogens is 417 g/mol. The standard InChI is InChI=1S/C26H26FN5O/c1-15(2)12-29-25-26-30-13-23(18-8-9-20(24(28)33)21(11-18)16-6-7-16)32(26)14-22(31-25)17-4-3-5-19(27)10-17/h3-5,8-11,13-16H,6-7,12H2,1-2H3,(H2,28,33)(H,29,31). The van der Waals surface area contributed by atoms with Crippen molar-refractivity contribution in [2.24, 2.45) is 11.7 Å². The molecule has 33 heavy (non-hydrogen) atoms. The van der Waals surface area contributed by atoms with E-state index >= 15 is 0 Å². The molecule has 1 aliphatic carbocycles. The molecule has 2 aromatic heterocycles. The molecule has 0 spiro atoms. The fourth-order valence-electron chi connectivity index (χ4n) is 4.09. The molecule has 1 aliphatic rings. The number of nitrogens with zero attached hydrogens (tertiary/aromatic N) is 3. The number of aromatic nitrogens is 3. The van der Waals surface area contributed by atoms with Crippen LogP contribution in [-0.2, 0) is 0 Å². The van der Waals surface area contributed by atoms with Crippen molar-refractivity contribution in [1.82, 2.24) is 14.4 Å². The predicted octanol–water partition coefficient (Wildman–Crippen LogP) is 5.25. The molecule has 168 valence electrons. The van der Waals surface area contributed by atoms with Crippen molar-refractivity contribution in [3.05, 3.63) is 71.8 Å². The largest absolute Gasteiger partial charge is 0.367 e. The fraction of sp³-hybridized carbons (Fsp3) is 0.269. The van der Waals surface area contributed by atoms with Gasteiger partial charge < -0.3 is 11.1 Å². The maximum Gasteiger partial charge on any atom is 0.248 e. The number of nitrogens with one attached hydrogen (secondary N) is 1. The van der Waals surface area contributed by atoms with E-state index in [1.54, 1.807) is 12.1 Å². The number of nitrogens with two attached hydrogens (primary N) is 1. The zero-order valence-electron chi connectivity index (χ0n) is 18.7. The lowest BCUT2D eigenvalue weighted by Gasteiger charge is -2.13. The molecule has 4 aromatic rings. The Morgan fingerprint density at radius 1 is 1.21 bits per heavy atom. The summed E-state index contributed by atoms with van der Waals surface area (Å²) in [4.78, 5) is 21.3. The minimum atomic E-state index is -0.403. The molecule has 6 nitrogen and oxygen atoms in total. The first-order valence-corrected chi connectivity index (χ1v) is 11.2. The lowest BCUT2D eigenvalue weighted by molar-refractivity contribution is 0.0999. The first-order valence-electron chi connectivity index (χ1n) is 11.2. The van der Waals surface area contributed by atoms with Gasteiger partial charge in [-0.3, -0.25) is 9.20 Å². The maximum absolute atomic E-state index is 13.9. The second-order valence-electron chi connectivity index (χ2n) is 9.04. The SMILES string of the molecule is CC(C)CNc1nc(-c2cccc(F)c2)cn2c(-c3ccc(C(N)=O)c(C4CC4)c3)cnc12. The number of imidazole rings is 1. The van der Waals surface area contributed by atoms with E-state index in [0.717, 1.165) is 36.2 Å². The van der Waals surface area contributed by atoms with Gasteiger partial charge in [0, 0.05) is 29.4 Å². The number of hydrogen-bond acceptors (Lipinski definition) is 4. The highest BCUT2D eigenvalue weighted by Gasteiger charge is 2.28. The summed E-state index contributed by atoms with van der Waals surface area (Å²) in [5, 5.41) is 3.39. The van der Waals surface area contributed by atoms with Crippen molar-refractivity contribution in [1.29, 1.82) is 0 Å². The first kappa shape index (κ1) is 21.1. The third-order valence-corrected chi connectivity index (χ3v) is 5.92. The number of amides is 1. The number of primary amides is 1. The molecule has 2 heterocycles. The third kappa shape index (κ3) is 4.18. The Morgan fingerprint density at radius 3 is 2.73 bits per heavy atom. The fourth-order valence-corrected chi connectivity index (χ4v) is 4.09. The van der Waals surface area contributed by atoms with Gasteiger partial charge >= 0.3 is 0 Å². The Labute approximate surface area is 191 Å². The number of rotatable bonds is 7. The van der Waals surface area contributed by atoms with Crippen molar-refractivity contribution >= 4 is 17.4 Å². The summed E-state index contributed by atoms with van der Waals surface area (Å²) in [6.07, 6.45) is 5.82. The molecule has 0 unspecified atom stereocenters. The van der Waals surface area contributed by atoms with E-state index in [1.807, 2.05) is 35.0 Å². The van der Waals surface area contributed by atoms with Crippen LogP contribution < -0.4 is 11.1 Å². The zero-order chi connectivity index (χ0) is 23.1. The molecule has 0 atom stereocenters. The predicted molar refractivity (Wildman–Crippen MR) is 128 cm³/mol. The molecule has 5 rings (SSSR count). The molecule has 1 saturated carbocycles. The Kier molecular flexibility index (Phi) is 5.32. The van der Waals surface area contributed by atoms with Crippen LogP contribution in [0.2, 0.25) is 0 Å². The van der Waals surface area contributed by atoms with Gasteiger partial charge in [0.2, 0.25) is 5.91 Å². The number of hydrogen-bond donors (Lipinski definition) is 2. The third-order valence-electron chi connectivity index (χ3n) is 5.92. The minimum Gasteiger partial charge on any atom is -0.367 e. The number of anilines is 1. The quantitative estimate of drug-likeness (QED) is 0.409. The van der Waals surface area contributed by atoms with Crippen molar-refractivity contribution in [2.45, 2.75) is 32.6 Å². The van der Waals surface area contributed by atoms with E-state index in [2.05, 4.69) is 24.1 Å². The van der Waals surface area contributed by atoms with E-state index in [0.29, 0.717) is 40.1 Å². The van der Waals surface area contributed by atoms with Crippen LogP contribution in [0.5, 0.6) is 0 Å². The zero-order valence-corrected chi connectivity index (χ0v) is 18.7. The topological polar surface area (TPSA) is 85.3 Å². The molecular formula is C26H26FN5O. The van der Waals surface area contributed by atoms with Crippen LogP contribution in [0.3, 0.4) is 0 Å². The molecule has 2 aromatic carbocycles. The summed E-state index contributed by atoms with van der Waals surface area (Å²) in [5.74, 6) is 0.723. The van der Waals surface area contributed by atoms with E-state index in [-0.39, 0.29) is 5.82 Å². The molecule has 0 saturated heterocycles. The normalized spacial score (nSPS) is 13.6. The van der Waals surface area contributed by atoms with E-state index < -0.39 is 5.91 Å². The van der Waals surface area contributed by atoms with E-state index in [1.165, 1.54) is 12.1 Å². The van der Waals surface area contributed by atoms with E-state index in [4.69, 9.17) is 10.7 Å². The molecule has 1 fully saturated rings. The molecule has 0 aliphatic heterocycles. The van der Waals surface area contributed by atoms with Gasteiger partial charge in [-0.25, -0.2) is 14.4 Å². The maximum atomic E-state index is 13.9. The van der Waals surface area contributed by atoms with Crippen LogP contribution in [0.25, 0.3) is 28.2 Å². The average Bonchev–Trinajstić information content (AvgIpc) is 3.55. The highest BCUT2D eigenvalue weighted by molar-refractivity contribution is 5.95. The van der Waals surface area contributed by atoms with Crippen molar-refractivity contribution in [3.63, 3.8) is 0 Å². The van der Waals surface area contributed by atoms with Crippen LogP contribution in [0, 0.1) is 11.7 Å². The van der Waals surface area contributed by atoms with Gasteiger partial charge in [0.1, 0.15) is 5.82 Å². The summed E-state index contributed by atoms with van der Waals surface area (Å²) in [6, 6.07) is 12.2. The van der Waals surface area contributed by atoms with Crippen LogP contribution in [0.4, 0.5) is 10.2 Å². The van der Waals surface area contributed by atoms with Crippen LogP contribution in [0.15, 0.2) is 54.9 Å². The summed E-state index contributed by atoms with van der Waals surface area (Å²) in [6.45, 7) is 4.98. The molecule has 0 bridgehead atoms. The summed E-state index contributed by atoms with van der Waals surface area (Å²) >= 11 is 0. The molecule has 7 heteroatoms. The lowest BCUT2D eigenvalue weighted by atomic mass is 9.98. The van der Waals surface area contributed by atoms with Crippen LogP contribution >= 0.6 is 0 Å². The Bertz CT molecular complexity index is 1360. The minimum absolute atomic E-state index is 0.312. The van der Waals surface area contributed by atoms with Crippen molar-refractivity contribution < 1.29 is 9.18 Å². The Hall–Kier alpha value is -3.74. The summed E-state index contributed by atoms with van der Waals surface area (Å²) in [7, 11) is 0. The first-order chi connectivity index (χ1) is 15.9. The van der Waals surface area contributed by atoms with Gasteiger partial charge in [0.25, 0.3) is 0 Å². The molecule has 0 radical (unpaired) electrons. The second-order valence-corrected chi connectivity index (χ2v) is 9.04. The highest BCUT2D eigenvalue weighted by atomic mass is 19.1. The number of carbonyl (C=O) groups is 1. The monoisotopic (exact) mass is 443 g/mol. The highest BCUT2D eigenvalue weighted by Crippen LogP contribution is 2.43. The Balaban J connectivity index is 1.67. The van der Waals surface area contributed by atoms with Gasteiger partial charge in [0.15, 0.2) is 11.5 Å². The summed E-state index contributed by atoms with van der Waals surface area (Å²) < 4.78 is 15.9. The number of benzene rings is 2. The van der Waals surface area contributed by atoms with Crippen LogP contribution in [-0.4, -0.2) is 26.8 Å². The number of halogens is 1. The summed E-state index contributed by atoms with van der Waals surface area (Å²) in [5.41, 5.74) is 11.0. The number of fused-ring (bicyclic) bond motifs is 1. The van der Waals surface area contributed by atoms with E-state index in [9.17, 15) is 9.18 Å². The smallest absolute Gasteiger partial charge is 0.248 e. The molecule has 1 amide bonds. The average molecular weight is 444 g/mol. The van der Waals surface area contributed by atoms with Gasteiger partial charge in [-0.1, -0.05) is 32.0 Å². The second kappa shape index (κ2) is 8.31. The Morgan fingerprint density at radius 2 is 2.03 bits per heavy atom. The van der Waals surface area contributed by atoms with Gasteiger partial charge in [-0.05, 0) is 54.5 Å². The van der Waals surface area contributed by atoms with Crippen molar-refractivity contribution in [2.75, 3.05) is 11.9 Å². The lowest BCUT2D eigenvalue weighted by Crippen LogP contribution is -2.13. The van der Waals surface area contributed by atoms with Crippen molar-refractivity contribution in [3.8, 4) is 22.5 Å². The molecule has 3 N–H and O–H groups in total. The van der Waals surface area contributed by atoms with Gasteiger partial charge in [0.05, 0.1) is 17.6 Å². The van der Waals surface area contributed by atoms with Gasteiger partial charge in [-0.2, -0.15) is 0 Å². The number of carbonyl (C=O) groups excluding carboxylic acids is 1. The van der Waals surface area contributed by atoms with Gasteiger partial charge in [-0.15, -0.1) is 0 Å². The van der Waals surface area contributed by atoms with Crippen LogP contribution in [0.1, 0.15) is 48.5 Å².